The van der Waals surface area contributed by atoms with Crippen molar-refractivity contribution in [3.05, 3.63) is 75.3 Å². The second-order valence-electron chi connectivity index (χ2n) is 6.28. The second kappa shape index (κ2) is 7.35. The molecule has 3 rings (SSSR count). The van der Waals surface area contributed by atoms with Crippen LogP contribution >= 0.6 is 0 Å². The van der Waals surface area contributed by atoms with Gasteiger partial charge in [-0.3, -0.25) is 14.9 Å². The van der Waals surface area contributed by atoms with Crippen molar-refractivity contribution in [2.75, 3.05) is 0 Å². The molecule has 2 aromatic rings. The number of nitro groups is 1. The molecule has 0 fully saturated rings. The average Bonchev–Trinajstić information content (AvgIpc) is 2.65. The van der Waals surface area contributed by atoms with E-state index in [0.717, 1.165) is 11.1 Å². The Hall–Kier alpha value is -3.22. The maximum atomic E-state index is 12.6. The number of fused-ring (bicyclic) bond motifs is 1. The quantitative estimate of drug-likeness (QED) is 0.657. The maximum absolute atomic E-state index is 12.6. The maximum Gasteiger partial charge on any atom is 0.326 e. The van der Waals surface area contributed by atoms with Gasteiger partial charge >= 0.3 is 5.97 Å². The molecule has 7 heteroatoms. The number of carbonyl (C=O) groups is 2. The number of nitro benzene ring substituents is 1. The number of amides is 1. The van der Waals surface area contributed by atoms with E-state index < -0.39 is 16.9 Å². The highest BCUT2D eigenvalue weighted by molar-refractivity contribution is 5.84. The normalized spacial score (nSPS) is 16.0. The van der Waals surface area contributed by atoms with Gasteiger partial charge in [0.2, 0.25) is 5.91 Å². The van der Waals surface area contributed by atoms with Gasteiger partial charge in [0, 0.05) is 31.5 Å². The average molecular weight is 354 g/mol. The molecular formula is C19H18N2O5. The van der Waals surface area contributed by atoms with Gasteiger partial charge in [-0.15, -0.1) is 0 Å². The van der Waals surface area contributed by atoms with Gasteiger partial charge in [-0.2, -0.15) is 0 Å². The Morgan fingerprint density at radius 1 is 1.15 bits per heavy atom. The van der Waals surface area contributed by atoms with Gasteiger partial charge in [-0.05, 0) is 23.1 Å². The molecule has 0 radical (unpaired) electrons. The van der Waals surface area contributed by atoms with E-state index in [4.69, 9.17) is 0 Å². The molecule has 0 aromatic heterocycles. The van der Waals surface area contributed by atoms with E-state index >= 15 is 0 Å². The van der Waals surface area contributed by atoms with Gasteiger partial charge in [-0.1, -0.05) is 36.4 Å². The van der Waals surface area contributed by atoms with Crippen LogP contribution in [0.2, 0.25) is 0 Å². The number of non-ortho nitro benzene ring substituents is 1. The molecule has 26 heavy (non-hydrogen) atoms. The lowest BCUT2D eigenvalue weighted by molar-refractivity contribution is -0.384. The molecule has 1 aliphatic heterocycles. The number of hydrogen-bond acceptors (Lipinski definition) is 4. The first-order valence-electron chi connectivity index (χ1n) is 8.28. The molecule has 0 saturated heterocycles. The van der Waals surface area contributed by atoms with Gasteiger partial charge in [-0.25, -0.2) is 4.79 Å². The van der Waals surface area contributed by atoms with Crippen LogP contribution in [0.3, 0.4) is 0 Å². The second-order valence-corrected chi connectivity index (χ2v) is 6.28. The molecule has 7 nitrogen and oxygen atoms in total. The van der Waals surface area contributed by atoms with Crippen LogP contribution in [0.15, 0.2) is 48.5 Å². The minimum atomic E-state index is -1.02. The Bertz CT molecular complexity index is 865. The van der Waals surface area contributed by atoms with E-state index in [0.29, 0.717) is 12.0 Å². The molecule has 2 aromatic carbocycles. The fourth-order valence-corrected chi connectivity index (χ4v) is 3.23. The van der Waals surface area contributed by atoms with E-state index in [9.17, 15) is 24.8 Å². The zero-order valence-electron chi connectivity index (χ0n) is 14.0. The number of aryl methyl sites for hydroxylation is 1. The van der Waals surface area contributed by atoms with Crippen LogP contribution in [0.1, 0.15) is 23.1 Å². The van der Waals surface area contributed by atoms with Crippen molar-refractivity contribution in [2.45, 2.75) is 31.8 Å². The van der Waals surface area contributed by atoms with Gasteiger partial charge in [0.05, 0.1) is 4.92 Å². The molecule has 0 saturated carbocycles. The summed E-state index contributed by atoms with van der Waals surface area (Å²) in [4.78, 5) is 36.0. The molecule has 0 aliphatic carbocycles. The topological polar surface area (TPSA) is 101 Å². The molecule has 1 unspecified atom stereocenters. The number of carbonyl (C=O) groups excluding carboxylic acids is 1. The van der Waals surface area contributed by atoms with Gasteiger partial charge in [0.15, 0.2) is 0 Å². The van der Waals surface area contributed by atoms with Crippen molar-refractivity contribution in [3.8, 4) is 0 Å². The summed E-state index contributed by atoms with van der Waals surface area (Å²) >= 11 is 0. The summed E-state index contributed by atoms with van der Waals surface area (Å²) in [6.07, 6.45) is 0.714. The Kier molecular flexibility index (Phi) is 4.97. The van der Waals surface area contributed by atoms with E-state index in [1.807, 2.05) is 24.3 Å². The first-order valence-corrected chi connectivity index (χ1v) is 8.28. The van der Waals surface area contributed by atoms with Gasteiger partial charge < -0.3 is 10.0 Å². The summed E-state index contributed by atoms with van der Waals surface area (Å²) in [5.74, 6) is -1.29. The third-order valence-corrected chi connectivity index (χ3v) is 4.60. The van der Waals surface area contributed by atoms with E-state index in [1.165, 1.54) is 17.0 Å². The van der Waals surface area contributed by atoms with Crippen LogP contribution in [0, 0.1) is 10.1 Å². The number of aliphatic carboxylic acids is 1. The number of carboxylic acids is 1. The highest BCUT2D eigenvalue weighted by atomic mass is 16.6. The molecular weight excluding hydrogens is 336 g/mol. The number of nitrogens with zero attached hydrogens (tertiary/aromatic N) is 2. The van der Waals surface area contributed by atoms with Crippen molar-refractivity contribution in [1.29, 1.82) is 0 Å². The largest absolute Gasteiger partial charge is 0.480 e. The molecule has 1 atom stereocenters. The zero-order valence-corrected chi connectivity index (χ0v) is 14.0. The summed E-state index contributed by atoms with van der Waals surface area (Å²) < 4.78 is 0. The van der Waals surface area contributed by atoms with E-state index in [1.54, 1.807) is 12.1 Å². The molecule has 134 valence electrons. The minimum absolute atomic E-state index is 0.0229. The van der Waals surface area contributed by atoms with Crippen molar-refractivity contribution in [2.24, 2.45) is 0 Å². The van der Waals surface area contributed by atoms with Crippen molar-refractivity contribution < 1.29 is 19.6 Å². The fourth-order valence-electron chi connectivity index (χ4n) is 3.23. The summed E-state index contributed by atoms with van der Waals surface area (Å²) in [7, 11) is 0. The molecule has 0 spiro atoms. The predicted molar refractivity (Wildman–Crippen MR) is 93.5 cm³/mol. The lowest BCUT2D eigenvalue weighted by Crippen LogP contribution is -2.48. The van der Waals surface area contributed by atoms with Crippen LogP contribution in [-0.4, -0.2) is 32.8 Å². The number of hydrogen-bond donors (Lipinski definition) is 1. The third-order valence-electron chi connectivity index (χ3n) is 4.60. The van der Waals surface area contributed by atoms with Crippen LogP contribution in [-0.2, 0) is 29.0 Å². The summed E-state index contributed by atoms with van der Waals surface area (Å²) in [5.41, 5.74) is 2.55. The first-order chi connectivity index (χ1) is 12.5. The van der Waals surface area contributed by atoms with Crippen LogP contribution in [0.5, 0.6) is 0 Å². The number of rotatable bonds is 5. The van der Waals surface area contributed by atoms with Crippen molar-refractivity contribution >= 4 is 17.6 Å². The smallest absolute Gasteiger partial charge is 0.326 e. The standard InChI is InChI=1S/C19H18N2O5/c22-18(9-8-13-4-3-7-16(10-13)21(25)26)20-12-15-6-2-1-5-14(15)11-17(20)19(23)24/h1-7,10,17H,8-9,11-12H2,(H,23,24). The lowest BCUT2D eigenvalue weighted by Gasteiger charge is -2.34. The first kappa shape index (κ1) is 17.6. The van der Waals surface area contributed by atoms with Crippen molar-refractivity contribution in [1.82, 2.24) is 4.90 Å². The fraction of sp³-hybridized carbons (Fsp3) is 0.263. The lowest BCUT2D eigenvalue weighted by atomic mass is 9.93. The Balaban J connectivity index is 1.73. The molecule has 1 N–H and O–H groups in total. The summed E-state index contributed by atoms with van der Waals surface area (Å²) in [6, 6.07) is 12.8. The Labute approximate surface area is 150 Å². The number of carboxylic acid groups (broad SMARTS) is 1. The third kappa shape index (κ3) is 3.72. The molecule has 1 amide bonds. The molecule has 0 bridgehead atoms. The summed E-state index contributed by atoms with van der Waals surface area (Å²) in [6.45, 7) is 0.265. The summed E-state index contributed by atoms with van der Waals surface area (Å²) in [5, 5.41) is 20.3. The highest BCUT2D eigenvalue weighted by Gasteiger charge is 2.34. The van der Waals surface area contributed by atoms with E-state index in [2.05, 4.69) is 0 Å². The van der Waals surface area contributed by atoms with Crippen LogP contribution < -0.4 is 0 Å². The van der Waals surface area contributed by atoms with Gasteiger partial charge in [0.25, 0.3) is 5.69 Å². The Morgan fingerprint density at radius 2 is 1.88 bits per heavy atom. The van der Waals surface area contributed by atoms with Crippen LogP contribution in [0.4, 0.5) is 5.69 Å². The van der Waals surface area contributed by atoms with Gasteiger partial charge in [0.1, 0.15) is 6.04 Å². The molecule has 1 aliphatic rings. The van der Waals surface area contributed by atoms with Crippen molar-refractivity contribution in [3.63, 3.8) is 0 Å². The SMILES string of the molecule is O=C(O)C1Cc2ccccc2CN1C(=O)CCc1cccc([N+](=O)[O-])c1. The van der Waals surface area contributed by atoms with Crippen LogP contribution in [0.25, 0.3) is 0 Å². The zero-order chi connectivity index (χ0) is 18.7. The Morgan fingerprint density at radius 3 is 2.58 bits per heavy atom. The predicted octanol–water partition coefficient (Wildman–Crippen LogP) is 2.57. The number of benzene rings is 2. The minimum Gasteiger partial charge on any atom is -0.480 e. The monoisotopic (exact) mass is 354 g/mol. The molecule has 1 heterocycles. The highest BCUT2D eigenvalue weighted by Crippen LogP contribution is 2.24. The van der Waals surface area contributed by atoms with E-state index in [-0.39, 0.29) is 31.0 Å².